The van der Waals surface area contributed by atoms with Crippen molar-refractivity contribution in [1.82, 2.24) is 0 Å². The molecule has 3 heteroatoms. The van der Waals surface area contributed by atoms with E-state index in [1.807, 2.05) is 0 Å². The molecule has 12 heavy (non-hydrogen) atoms. The third kappa shape index (κ3) is 2.21. The first-order valence-electron chi connectivity index (χ1n) is 4.39. The highest BCUT2D eigenvalue weighted by molar-refractivity contribution is 5.73. The van der Waals surface area contributed by atoms with Crippen molar-refractivity contribution in [2.24, 2.45) is 17.1 Å². The first-order chi connectivity index (χ1) is 5.41. The zero-order valence-electron chi connectivity index (χ0n) is 7.71. The summed E-state index contributed by atoms with van der Waals surface area (Å²) in [6.07, 6.45) is 2.88. The van der Waals surface area contributed by atoms with E-state index in [0.717, 1.165) is 12.8 Å². The highest BCUT2D eigenvalue weighted by atomic mass is 16.4. The van der Waals surface area contributed by atoms with Crippen LogP contribution in [0.15, 0.2) is 0 Å². The summed E-state index contributed by atoms with van der Waals surface area (Å²) in [6.45, 7) is 4.41. The van der Waals surface area contributed by atoms with Crippen molar-refractivity contribution in [2.45, 2.75) is 39.2 Å². The SMILES string of the molecule is CC1(C)CC(C[C@H](N)C(=O)O)C1. The van der Waals surface area contributed by atoms with E-state index in [2.05, 4.69) is 13.8 Å². The quantitative estimate of drug-likeness (QED) is 0.671. The van der Waals surface area contributed by atoms with Crippen LogP contribution in [0, 0.1) is 11.3 Å². The largest absolute Gasteiger partial charge is 0.480 e. The highest BCUT2D eigenvalue weighted by Gasteiger charge is 2.37. The van der Waals surface area contributed by atoms with Gasteiger partial charge < -0.3 is 10.8 Å². The zero-order chi connectivity index (χ0) is 9.35. The molecule has 0 aromatic rings. The molecule has 1 atom stereocenters. The molecule has 0 aromatic carbocycles. The van der Waals surface area contributed by atoms with Gasteiger partial charge in [-0.25, -0.2) is 0 Å². The van der Waals surface area contributed by atoms with Gasteiger partial charge in [0.25, 0.3) is 0 Å². The van der Waals surface area contributed by atoms with Crippen molar-refractivity contribution < 1.29 is 9.90 Å². The number of hydrogen-bond acceptors (Lipinski definition) is 2. The molecule has 1 rings (SSSR count). The first-order valence-corrected chi connectivity index (χ1v) is 4.39. The molecule has 0 spiro atoms. The molecule has 1 saturated carbocycles. The fourth-order valence-corrected chi connectivity index (χ4v) is 2.13. The lowest BCUT2D eigenvalue weighted by molar-refractivity contribution is -0.139. The fourth-order valence-electron chi connectivity index (χ4n) is 2.13. The van der Waals surface area contributed by atoms with E-state index < -0.39 is 12.0 Å². The molecule has 0 radical (unpaired) electrons. The molecule has 3 nitrogen and oxygen atoms in total. The molecule has 0 unspecified atom stereocenters. The molecule has 0 aromatic heterocycles. The minimum atomic E-state index is -0.875. The van der Waals surface area contributed by atoms with Gasteiger partial charge in [0.2, 0.25) is 0 Å². The average Bonchev–Trinajstić information content (AvgIpc) is 1.83. The number of aliphatic carboxylic acids is 1. The van der Waals surface area contributed by atoms with Crippen LogP contribution in [0.5, 0.6) is 0 Å². The lowest BCUT2D eigenvalue weighted by Crippen LogP contribution is -2.39. The third-order valence-corrected chi connectivity index (χ3v) is 2.59. The summed E-state index contributed by atoms with van der Waals surface area (Å²) >= 11 is 0. The Morgan fingerprint density at radius 2 is 2.17 bits per heavy atom. The highest BCUT2D eigenvalue weighted by Crippen LogP contribution is 2.46. The summed E-state index contributed by atoms with van der Waals surface area (Å²) in [6, 6.07) is -0.661. The molecule has 0 saturated heterocycles. The summed E-state index contributed by atoms with van der Waals surface area (Å²) in [5, 5.41) is 8.56. The minimum absolute atomic E-state index is 0.420. The number of carboxylic acid groups (broad SMARTS) is 1. The second-order valence-corrected chi connectivity index (χ2v) is 4.62. The van der Waals surface area contributed by atoms with Crippen molar-refractivity contribution in [3.05, 3.63) is 0 Å². The van der Waals surface area contributed by atoms with Crippen molar-refractivity contribution in [2.75, 3.05) is 0 Å². The van der Waals surface area contributed by atoms with Gasteiger partial charge in [-0.2, -0.15) is 0 Å². The van der Waals surface area contributed by atoms with Crippen LogP contribution in [0.3, 0.4) is 0 Å². The standard InChI is InChI=1S/C9H17NO2/c1-9(2)4-6(5-9)3-7(10)8(11)12/h6-7H,3-5,10H2,1-2H3,(H,11,12)/t7-/m0/s1. The Kier molecular flexibility index (Phi) is 2.42. The molecule has 1 aliphatic carbocycles. The van der Waals surface area contributed by atoms with E-state index in [1.165, 1.54) is 0 Å². The summed E-state index contributed by atoms with van der Waals surface area (Å²) in [7, 11) is 0. The van der Waals surface area contributed by atoms with Gasteiger partial charge in [0.1, 0.15) is 6.04 Å². The maximum absolute atomic E-state index is 10.4. The number of hydrogen-bond donors (Lipinski definition) is 2. The molecular formula is C9H17NO2. The summed E-state index contributed by atoms with van der Waals surface area (Å²) in [4.78, 5) is 10.4. The van der Waals surface area contributed by atoms with Crippen LogP contribution in [0.1, 0.15) is 33.1 Å². The van der Waals surface area contributed by atoms with Crippen LogP contribution in [0.4, 0.5) is 0 Å². The lowest BCUT2D eigenvalue weighted by Gasteiger charge is -2.43. The van der Waals surface area contributed by atoms with E-state index in [9.17, 15) is 4.79 Å². The maximum atomic E-state index is 10.4. The third-order valence-electron chi connectivity index (χ3n) is 2.59. The number of rotatable bonds is 3. The van der Waals surface area contributed by atoms with Crippen LogP contribution in [-0.4, -0.2) is 17.1 Å². The molecule has 0 bridgehead atoms. The Balaban J connectivity index is 2.23. The zero-order valence-corrected chi connectivity index (χ0v) is 7.71. The van der Waals surface area contributed by atoms with Gasteiger partial charge in [-0.1, -0.05) is 13.8 Å². The van der Waals surface area contributed by atoms with E-state index in [1.54, 1.807) is 0 Å². The molecule has 70 valence electrons. The maximum Gasteiger partial charge on any atom is 0.320 e. The van der Waals surface area contributed by atoms with E-state index in [0.29, 0.717) is 17.8 Å². The summed E-state index contributed by atoms with van der Waals surface area (Å²) < 4.78 is 0. The molecule has 3 N–H and O–H groups in total. The fraction of sp³-hybridized carbons (Fsp3) is 0.889. The summed E-state index contributed by atoms with van der Waals surface area (Å²) in [5.74, 6) is -0.342. The molecule has 1 fully saturated rings. The van der Waals surface area contributed by atoms with Gasteiger partial charge in [0.15, 0.2) is 0 Å². The Labute approximate surface area is 72.9 Å². The Hall–Kier alpha value is -0.570. The van der Waals surface area contributed by atoms with Crippen molar-refractivity contribution >= 4 is 5.97 Å². The minimum Gasteiger partial charge on any atom is -0.480 e. The van der Waals surface area contributed by atoms with Crippen molar-refractivity contribution in [3.63, 3.8) is 0 Å². The Morgan fingerprint density at radius 1 is 1.67 bits per heavy atom. The lowest BCUT2D eigenvalue weighted by atomic mass is 9.63. The smallest absolute Gasteiger partial charge is 0.320 e. The Morgan fingerprint density at radius 3 is 2.50 bits per heavy atom. The van der Waals surface area contributed by atoms with E-state index in [-0.39, 0.29) is 0 Å². The van der Waals surface area contributed by atoms with Crippen molar-refractivity contribution in [1.29, 1.82) is 0 Å². The number of carboxylic acids is 1. The second-order valence-electron chi connectivity index (χ2n) is 4.62. The van der Waals surface area contributed by atoms with Crippen LogP contribution in [-0.2, 0) is 4.79 Å². The Bertz CT molecular complexity index is 181. The molecule has 0 aliphatic heterocycles. The van der Waals surface area contributed by atoms with Gasteiger partial charge in [-0.3, -0.25) is 4.79 Å². The van der Waals surface area contributed by atoms with Gasteiger partial charge in [0, 0.05) is 0 Å². The predicted molar refractivity (Wildman–Crippen MR) is 46.7 cm³/mol. The van der Waals surface area contributed by atoms with Crippen LogP contribution >= 0.6 is 0 Å². The van der Waals surface area contributed by atoms with Gasteiger partial charge in [-0.15, -0.1) is 0 Å². The normalized spacial score (nSPS) is 24.6. The van der Waals surface area contributed by atoms with Crippen LogP contribution in [0.2, 0.25) is 0 Å². The number of nitrogens with two attached hydrogens (primary N) is 1. The molecular weight excluding hydrogens is 154 g/mol. The molecule has 1 aliphatic rings. The van der Waals surface area contributed by atoms with Gasteiger partial charge >= 0.3 is 5.97 Å². The van der Waals surface area contributed by atoms with Crippen LogP contribution in [0.25, 0.3) is 0 Å². The molecule has 0 amide bonds. The van der Waals surface area contributed by atoms with Gasteiger partial charge in [0.05, 0.1) is 0 Å². The number of carbonyl (C=O) groups is 1. The van der Waals surface area contributed by atoms with E-state index >= 15 is 0 Å². The topological polar surface area (TPSA) is 63.3 Å². The summed E-state index contributed by atoms with van der Waals surface area (Å²) in [5.41, 5.74) is 5.84. The van der Waals surface area contributed by atoms with Gasteiger partial charge in [-0.05, 0) is 30.6 Å². The monoisotopic (exact) mass is 171 g/mol. The second kappa shape index (κ2) is 3.05. The molecule has 0 heterocycles. The predicted octanol–water partition coefficient (Wildman–Crippen LogP) is 1.22. The first kappa shape index (κ1) is 9.52. The van der Waals surface area contributed by atoms with Crippen LogP contribution < -0.4 is 5.73 Å². The van der Waals surface area contributed by atoms with E-state index in [4.69, 9.17) is 10.8 Å². The average molecular weight is 171 g/mol. The van der Waals surface area contributed by atoms with Crippen molar-refractivity contribution in [3.8, 4) is 0 Å².